The number of nitro benzene ring substituents is 1. The Labute approximate surface area is 109 Å². The van der Waals surface area contributed by atoms with Crippen molar-refractivity contribution < 1.29 is 23.2 Å². The fourth-order valence-electron chi connectivity index (χ4n) is 1.38. The average molecular weight is 288 g/mol. The minimum absolute atomic E-state index is 0.00223. The predicted octanol–water partition coefficient (Wildman–Crippen LogP) is 0.487. The van der Waals surface area contributed by atoms with E-state index in [-0.39, 0.29) is 11.3 Å². The van der Waals surface area contributed by atoms with Gasteiger partial charge in [-0.25, -0.2) is 13.1 Å². The van der Waals surface area contributed by atoms with Gasteiger partial charge in [0, 0.05) is 11.6 Å². The molecule has 0 saturated carbocycles. The van der Waals surface area contributed by atoms with Gasteiger partial charge >= 0.3 is 5.97 Å². The Bertz CT molecular complexity index is 598. The Hall–Kier alpha value is -2.00. The minimum atomic E-state index is -3.97. The van der Waals surface area contributed by atoms with Crippen molar-refractivity contribution in [3.63, 3.8) is 0 Å². The monoisotopic (exact) mass is 288 g/mol. The molecule has 8 nitrogen and oxygen atoms in total. The van der Waals surface area contributed by atoms with E-state index >= 15 is 0 Å². The van der Waals surface area contributed by atoms with Crippen LogP contribution in [0.1, 0.15) is 12.5 Å². The van der Waals surface area contributed by atoms with Crippen LogP contribution in [-0.4, -0.2) is 30.5 Å². The summed E-state index contributed by atoms with van der Waals surface area (Å²) in [5.74, 6) is -1.98. The third-order valence-corrected chi connectivity index (χ3v) is 3.66. The van der Waals surface area contributed by atoms with Crippen molar-refractivity contribution in [2.45, 2.75) is 18.7 Å². The van der Waals surface area contributed by atoms with Gasteiger partial charge in [-0.3, -0.25) is 14.9 Å². The van der Waals surface area contributed by atoms with E-state index in [1.165, 1.54) is 31.2 Å². The summed E-state index contributed by atoms with van der Waals surface area (Å²) in [6, 6.07) is 4.08. The first kappa shape index (κ1) is 15.1. The van der Waals surface area contributed by atoms with E-state index in [0.29, 0.717) is 0 Å². The molecular formula is C10H12N2O6S. The van der Waals surface area contributed by atoms with Gasteiger partial charge in [0.05, 0.1) is 10.7 Å². The number of para-hydroxylation sites is 1. The lowest BCUT2D eigenvalue weighted by Crippen LogP contribution is -2.38. The highest BCUT2D eigenvalue weighted by molar-refractivity contribution is 7.88. The van der Waals surface area contributed by atoms with Gasteiger partial charge in [-0.1, -0.05) is 18.2 Å². The highest BCUT2D eigenvalue weighted by atomic mass is 32.2. The molecule has 0 fully saturated rings. The second kappa shape index (κ2) is 5.76. The molecule has 0 saturated heterocycles. The van der Waals surface area contributed by atoms with Crippen molar-refractivity contribution >= 4 is 21.7 Å². The van der Waals surface area contributed by atoms with Crippen molar-refractivity contribution in [2.75, 3.05) is 0 Å². The van der Waals surface area contributed by atoms with Crippen LogP contribution in [0.3, 0.4) is 0 Å². The summed E-state index contributed by atoms with van der Waals surface area (Å²) >= 11 is 0. The Morgan fingerprint density at radius 3 is 2.58 bits per heavy atom. The first-order valence-electron chi connectivity index (χ1n) is 5.18. The van der Waals surface area contributed by atoms with Gasteiger partial charge in [0.15, 0.2) is 0 Å². The fourth-order valence-corrected chi connectivity index (χ4v) is 2.75. The molecule has 0 bridgehead atoms. The number of sulfonamides is 1. The largest absolute Gasteiger partial charge is 0.480 e. The maximum Gasteiger partial charge on any atom is 0.321 e. The van der Waals surface area contributed by atoms with E-state index in [1.807, 2.05) is 4.72 Å². The number of hydrogen-bond donors (Lipinski definition) is 2. The Kier molecular flexibility index (Phi) is 4.57. The van der Waals surface area contributed by atoms with Gasteiger partial charge in [0.25, 0.3) is 5.69 Å². The van der Waals surface area contributed by atoms with Crippen molar-refractivity contribution in [1.82, 2.24) is 4.72 Å². The molecule has 0 spiro atoms. The number of hydrogen-bond acceptors (Lipinski definition) is 5. The zero-order valence-electron chi connectivity index (χ0n) is 9.94. The highest BCUT2D eigenvalue weighted by Crippen LogP contribution is 2.19. The van der Waals surface area contributed by atoms with E-state index in [4.69, 9.17) is 5.11 Å². The van der Waals surface area contributed by atoms with Crippen molar-refractivity contribution in [3.8, 4) is 0 Å². The third kappa shape index (κ3) is 4.30. The number of carboxylic acid groups (broad SMARTS) is 1. The molecule has 1 aromatic carbocycles. The van der Waals surface area contributed by atoms with Crippen LogP contribution < -0.4 is 4.72 Å². The van der Waals surface area contributed by atoms with Crippen LogP contribution in [-0.2, 0) is 20.6 Å². The molecule has 0 aliphatic rings. The Balaban J connectivity index is 2.96. The first-order valence-corrected chi connectivity index (χ1v) is 6.83. The van der Waals surface area contributed by atoms with Crippen molar-refractivity contribution in [3.05, 3.63) is 39.9 Å². The van der Waals surface area contributed by atoms with Crippen LogP contribution in [0.4, 0.5) is 5.69 Å². The summed E-state index contributed by atoms with van der Waals surface area (Å²) in [6.45, 7) is 1.17. The van der Waals surface area contributed by atoms with Crippen molar-refractivity contribution in [1.29, 1.82) is 0 Å². The van der Waals surface area contributed by atoms with Crippen LogP contribution in [0.25, 0.3) is 0 Å². The zero-order chi connectivity index (χ0) is 14.6. The molecule has 9 heteroatoms. The number of aliphatic carboxylic acids is 1. The molecule has 0 heterocycles. The molecule has 0 unspecified atom stereocenters. The van der Waals surface area contributed by atoms with E-state index in [1.54, 1.807) is 0 Å². The summed E-state index contributed by atoms with van der Waals surface area (Å²) < 4.78 is 25.3. The second-order valence-electron chi connectivity index (χ2n) is 3.82. The molecule has 0 radical (unpaired) electrons. The van der Waals surface area contributed by atoms with E-state index in [9.17, 15) is 23.3 Å². The maximum atomic E-state index is 11.7. The van der Waals surface area contributed by atoms with Gasteiger partial charge in [0.1, 0.15) is 6.04 Å². The summed E-state index contributed by atoms with van der Waals surface area (Å²) in [5, 5.41) is 19.4. The molecule has 0 amide bonds. The van der Waals surface area contributed by atoms with Gasteiger partial charge < -0.3 is 5.11 Å². The summed E-state index contributed by atoms with van der Waals surface area (Å²) in [7, 11) is -3.97. The smallest absolute Gasteiger partial charge is 0.321 e. The van der Waals surface area contributed by atoms with E-state index < -0.39 is 32.7 Å². The lowest BCUT2D eigenvalue weighted by atomic mass is 10.2. The van der Waals surface area contributed by atoms with Gasteiger partial charge in [0.2, 0.25) is 10.0 Å². The van der Waals surface area contributed by atoms with E-state index in [2.05, 4.69) is 0 Å². The number of nitrogens with one attached hydrogen (secondary N) is 1. The number of nitro groups is 1. The maximum absolute atomic E-state index is 11.7. The molecular weight excluding hydrogens is 276 g/mol. The molecule has 1 rings (SSSR count). The van der Waals surface area contributed by atoms with Crippen molar-refractivity contribution in [2.24, 2.45) is 0 Å². The Morgan fingerprint density at radius 2 is 2.05 bits per heavy atom. The second-order valence-corrected chi connectivity index (χ2v) is 5.58. The molecule has 104 valence electrons. The normalized spacial score (nSPS) is 12.9. The zero-order valence-corrected chi connectivity index (χ0v) is 10.8. The minimum Gasteiger partial charge on any atom is -0.480 e. The number of nitrogens with zero attached hydrogens (tertiary/aromatic N) is 1. The molecule has 0 aromatic heterocycles. The summed E-state index contributed by atoms with van der Waals surface area (Å²) in [6.07, 6.45) is 0. The topological polar surface area (TPSA) is 127 Å². The predicted molar refractivity (Wildman–Crippen MR) is 66.0 cm³/mol. The molecule has 0 aliphatic heterocycles. The van der Waals surface area contributed by atoms with E-state index in [0.717, 1.165) is 0 Å². The number of carboxylic acids is 1. The summed E-state index contributed by atoms with van der Waals surface area (Å²) in [4.78, 5) is 20.6. The third-order valence-electron chi connectivity index (χ3n) is 2.26. The molecule has 1 aromatic rings. The van der Waals surface area contributed by atoms with Gasteiger partial charge in [-0.05, 0) is 6.92 Å². The van der Waals surface area contributed by atoms with Crippen LogP contribution in [0, 0.1) is 10.1 Å². The van der Waals surface area contributed by atoms with Gasteiger partial charge in [-0.15, -0.1) is 0 Å². The lowest BCUT2D eigenvalue weighted by Gasteiger charge is -2.10. The van der Waals surface area contributed by atoms with Crippen LogP contribution >= 0.6 is 0 Å². The van der Waals surface area contributed by atoms with Crippen LogP contribution in [0.15, 0.2) is 24.3 Å². The average Bonchev–Trinajstić information content (AvgIpc) is 2.27. The highest BCUT2D eigenvalue weighted by Gasteiger charge is 2.23. The molecule has 0 aliphatic carbocycles. The number of benzene rings is 1. The quantitative estimate of drug-likeness (QED) is 0.579. The SMILES string of the molecule is C[C@H](NS(=O)(=O)Cc1ccccc1[N+](=O)[O-])C(=O)O. The fraction of sp³-hybridized carbons (Fsp3) is 0.300. The number of rotatable bonds is 6. The molecule has 19 heavy (non-hydrogen) atoms. The Morgan fingerprint density at radius 1 is 1.47 bits per heavy atom. The van der Waals surface area contributed by atoms with Crippen LogP contribution in [0.2, 0.25) is 0 Å². The first-order chi connectivity index (χ1) is 8.73. The van der Waals surface area contributed by atoms with Crippen LogP contribution in [0.5, 0.6) is 0 Å². The standard InChI is InChI=1S/C10H12N2O6S/c1-7(10(13)14)11-19(17,18)6-8-4-2-3-5-9(8)12(15)16/h2-5,7,11H,6H2,1H3,(H,13,14)/t7-/m0/s1. The summed E-state index contributed by atoms with van der Waals surface area (Å²) in [5.41, 5.74) is -0.326. The number of carbonyl (C=O) groups is 1. The molecule has 1 atom stereocenters. The molecule has 2 N–H and O–H groups in total. The van der Waals surface area contributed by atoms with Gasteiger partial charge in [-0.2, -0.15) is 0 Å². The lowest BCUT2D eigenvalue weighted by molar-refractivity contribution is -0.385.